The number of rotatable bonds is 36. The number of aliphatic hydroxyl groups is 6. The van der Waals surface area contributed by atoms with E-state index in [2.05, 4.69) is 39.8 Å². The van der Waals surface area contributed by atoms with Crippen LogP contribution in [0.4, 0.5) is 4.79 Å². The van der Waals surface area contributed by atoms with Gasteiger partial charge in [-0.05, 0) is 94.3 Å². The molecule has 2 bridgehead atoms. The van der Waals surface area contributed by atoms with E-state index in [1.807, 2.05) is 36.4 Å². The van der Waals surface area contributed by atoms with Crippen molar-refractivity contribution >= 4 is 84.7 Å². The van der Waals surface area contributed by atoms with Gasteiger partial charge in [0.15, 0.2) is 41.8 Å². The number of ether oxygens (including phenoxy) is 15. The zero-order valence-corrected chi connectivity index (χ0v) is 65.6. The number of carbonyl (C=O) groups excluding carboxylic acids is 5. The Morgan fingerprint density at radius 3 is 2.17 bits per heavy atom. The standard InChI is InChI=1S/C69H102IN5O27S3/c1-13-75(47(80)34-71)41-35-95-48(31-45(41)87-8)100-61-56(82)53(74-102-49-30-42(77)63(39(5)96-49)104-64(84)50-36(2)52(70)59(62(90-11)58(50)88-9)101-65-57(83)60(89-10)55(81)38(4)98-65)37(3)97-66(61)99-44-18-16-14-15-17-20-69(86)32-43(78)54(73-67(85)91-12)51(44)40(69)19-29-103-105-68(6,7)33-46(79)72-21-23-92-25-27-94-28-26-93-24-22-76/h14-15,19,37-39,41-42,44-45,48-49,51,53-57,60-61,63,65-66,74,76-77,81-83,86H,13,21-35,71H2,1-12H3,(H,72,79)(H,73,85)/b15-14-,40-19+/t37?,38?,39?,41?,42?,44-,45?,48?,49?,51?,53?,54?,55?,56?,57?,60?,61?,63?,65?,66?,69-/m0/s1. The van der Waals surface area contributed by atoms with E-state index < -0.39 is 155 Å². The Hall–Kier alpha value is -4.25. The molecule has 2 aliphatic carbocycles. The Kier molecular flexibility index (Phi) is 35.4. The molecule has 11 N–H and O–H groups in total. The number of nitrogens with two attached hydrogens (primary N) is 1. The summed E-state index contributed by atoms with van der Waals surface area (Å²) in [4.78, 5) is 76.3. The SMILES string of the molecule is CCN(C(=O)CN)C1COC(OC2C(O[C@H]3C#C/C=C\C#C[C@]4(O)CC(=O)C(NC(=O)OC)C3/C4=C\CSSC(C)(C)CC(=O)NCCOCCOCCOCCO)OC(C)C(NOC3CC(O)C(SC(=O)c4c(C)c(I)c(OC5OC(C)C(O)C(OC)C5O)c(OC)c4OC)C(C)O3)C2O)CC1OC. The van der Waals surface area contributed by atoms with Crippen LogP contribution in [0.2, 0.25) is 0 Å². The second kappa shape index (κ2) is 42.2. The molecule has 590 valence electrons. The van der Waals surface area contributed by atoms with Gasteiger partial charge in [0.05, 0.1) is 144 Å². The summed E-state index contributed by atoms with van der Waals surface area (Å²) in [7, 11) is 9.38. The summed E-state index contributed by atoms with van der Waals surface area (Å²) in [5.41, 5.74) is 7.19. The molecule has 0 radical (unpaired) electrons. The predicted molar refractivity (Wildman–Crippen MR) is 390 cm³/mol. The number of fused-ring (bicyclic) bond motifs is 2. The van der Waals surface area contributed by atoms with E-state index in [1.165, 1.54) is 62.2 Å². The number of thioether (sulfide) groups is 1. The zero-order valence-electron chi connectivity index (χ0n) is 61.0. The molecule has 3 amide bonds. The summed E-state index contributed by atoms with van der Waals surface area (Å²) in [5.74, 6) is 9.32. The van der Waals surface area contributed by atoms with E-state index in [1.54, 1.807) is 45.6 Å². The minimum atomic E-state index is -2.16. The fourth-order valence-electron chi connectivity index (χ4n) is 12.9. The number of benzene rings is 1. The first kappa shape index (κ1) is 88.0. The molecule has 6 aliphatic rings. The number of carbonyl (C=O) groups is 5. The second-order valence-corrected chi connectivity index (χ2v) is 31.2. The van der Waals surface area contributed by atoms with Crippen molar-refractivity contribution in [3.8, 4) is 40.9 Å². The fourth-order valence-corrected chi connectivity index (χ4v) is 17.1. The number of halogens is 1. The van der Waals surface area contributed by atoms with E-state index in [0.717, 1.165) is 18.9 Å². The molecule has 105 heavy (non-hydrogen) atoms. The molecule has 1 aromatic carbocycles. The van der Waals surface area contributed by atoms with Crippen LogP contribution in [0.3, 0.4) is 0 Å². The Bertz CT molecular complexity index is 3240. The highest BCUT2D eigenvalue weighted by Crippen LogP contribution is 2.50. The van der Waals surface area contributed by atoms with Crippen LogP contribution < -0.4 is 36.1 Å². The van der Waals surface area contributed by atoms with Gasteiger partial charge >= 0.3 is 6.09 Å². The molecule has 36 heteroatoms. The fraction of sp³-hybridized carbons (Fsp3) is 0.725. The first-order valence-corrected chi connectivity index (χ1v) is 38.7. The van der Waals surface area contributed by atoms with Crippen LogP contribution in [0.25, 0.3) is 0 Å². The van der Waals surface area contributed by atoms with Gasteiger partial charge in [0.1, 0.15) is 42.7 Å². The molecule has 32 nitrogen and oxygen atoms in total. The van der Waals surface area contributed by atoms with Crippen molar-refractivity contribution in [2.75, 3.05) is 114 Å². The van der Waals surface area contributed by atoms with Crippen molar-refractivity contribution in [2.45, 2.75) is 200 Å². The van der Waals surface area contributed by atoms with Gasteiger partial charge in [-0.25, -0.2) is 4.79 Å². The number of hydroxylamine groups is 1. The van der Waals surface area contributed by atoms with E-state index >= 15 is 0 Å². The maximum atomic E-state index is 14.6. The first-order chi connectivity index (χ1) is 50.1. The topological polar surface area (TPSA) is 420 Å². The highest BCUT2D eigenvalue weighted by atomic mass is 127. The number of methoxy groups -OCH3 is 5. The maximum absolute atomic E-state index is 14.6. The van der Waals surface area contributed by atoms with E-state index in [-0.39, 0.29) is 111 Å². The number of Topliss-reactive ketones (excluding diaryl/α,β-unsaturated/α-hetero) is 1. The Morgan fingerprint density at radius 1 is 0.838 bits per heavy atom. The largest absolute Gasteiger partial charge is 0.492 e. The number of hydrogen-bond acceptors (Lipinski definition) is 32. The summed E-state index contributed by atoms with van der Waals surface area (Å²) in [6.45, 7) is 14.1. The van der Waals surface area contributed by atoms with Crippen molar-refractivity contribution in [3.05, 3.63) is 38.5 Å². The maximum Gasteiger partial charge on any atom is 0.407 e. The lowest BCUT2D eigenvalue weighted by Crippen LogP contribution is -2.66. The van der Waals surface area contributed by atoms with Crippen LogP contribution >= 0.6 is 55.9 Å². The summed E-state index contributed by atoms with van der Waals surface area (Å²) < 4.78 is 88.8. The van der Waals surface area contributed by atoms with Crippen LogP contribution in [-0.4, -0.2) is 304 Å². The third-order valence-electron chi connectivity index (χ3n) is 18.2. The van der Waals surface area contributed by atoms with Crippen molar-refractivity contribution in [3.63, 3.8) is 0 Å². The smallest absolute Gasteiger partial charge is 0.407 e. The third-order valence-corrected chi connectivity index (χ3v) is 24.0. The lowest BCUT2D eigenvalue weighted by molar-refractivity contribution is -0.340. The van der Waals surface area contributed by atoms with Gasteiger partial charge in [-0.3, -0.25) is 24.0 Å². The monoisotopic (exact) mass is 1660 g/mol. The molecule has 4 saturated heterocycles. The van der Waals surface area contributed by atoms with Crippen molar-refractivity contribution in [1.29, 1.82) is 0 Å². The Balaban J connectivity index is 1.10. The van der Waals surface area contributed by atoms with Gasteiger partial charge in [-0.1, -0.05) is 63.1 Å². The molecule has 4 heterocycles. The number of amides is 3. The molecule has 5 fully saturated rings. The summed E-state index contributed by atoms with van der Waals surface area (Å²) in [6, 6.07) is -3.25. The highest BCUT2D eigenvalue weighted by Gasteiger charge is 2.55. The normalized spacial score (nSPS) is 32.5. The van der Waals surface area contributed by atoms with Crippen LogP contribution in [0.15, 0.2) is 23.8 Å². The number of nitrogens with one attached hydrogen (secondary N) is 3. The quantitative estimate of drug-likeness (QED) is 0.0113. The minimum Gasteiger partial charge on any atom is -0.492 e. The van der Waals surface area contributed by atoms with E-state index in [4.69, 9.17) is 86.7 Å². The van der Waals surface area contributed by atoms with Gasteiger partial charge in [-0.2, -0.15) is 5.48 Å². The highest BCUT2D eigenvalue weighted by molar-refractivity contribution is 14.1. The Morgan fingerprint density at radius 2 is 1.52 bits per heavy atom. The van der Waals surface area contributed by atoms with Crippen LogP contribution in [-0.2, 0) is 76.1 Å². The molecule has 19 unspecified atom stereocenters. The predicted octanol–water partition coefficient (Wildman–Crippen LogP) is 1.17. The number of allylic oxidation sites excluding steroid dienone is 2. The van der Waals surface area contributed by atoms with Crippen LogP contribution in [0, 0.1) is 40.1 Å². The molecule has 4 aliphatic heterocycles. The molecule has 1 saturated carbocycles. The second-order valence-electron chi connectivity index (χ2n) is 25.9. The lowest BCUT2D eigenvalue weighted by atomic mass is 9.68. The molecule has 0 aromatic heterocycles. The van der Waals surface area contributed by atoms with Crippen LogP contribution in [0.5, 0.6) is 17.2 Å². The first-order valence-electron chi connectivity index (χ1n) is 34.4. The number of aliphatic hydroxyl groups excluding tert-OH is 5. The van der Waals surface area contributed by atoms with Gasteiger partial charge < -0.3 is 123 Å². The van der Waals surface area contributed by atoms with Gasteiger partial charge in [0.25, 0.3) is 0 Å². The molecule has 21 atom stereocenters. The number of likely N-dealkylation sites (N-methyl/N-ethyl adjacent to an activating group) is 1. The van der Waals surface area contributed by atoms with Gasteiger partial charge in [0, 0.05) is 63.0 Å². The molecular weight excluding hydrogens is 1550 g/mol. The van der Waals surface area contributed by atoms with Crippen molar-refractivity contribution in [2.24, 2.45) is 11.7 Å². The zero-order chi connectivity index (χ0) is 76.9. The lowest BCUT2D eigenvalue weighted by Gasteiger charge is -2.48. The number of ketones is 1. The van der Waals surface area contributed by atoms with Gasteiger partial charge in [0.2, 0.25) is 29.0 Å². The number of alkyl carbamates (subject to hydrolysis) is 1. The number of hydrogen-bond donors (Lipinski definition) is 10. The summed E-state index contributed by atoms with van der Waals surface area (Å²) >= 11 is 2.78. The number of nitrogens with zero attached hydrogens (tertiary/aromatic N) is 1. The molecular formula is C69H102IN5O27S3. The van der Waals surface area contributed by atoms with Crippen LogP contribution in [0.1, 0.15) is 83.1 Å². The summed E-state index contributed by atoms with van der Waals surface area (Å²) in [6.07, 6.45) is -15.4. The third kappa shape index (κ3) is 23.2. The van der Waals surface area contributed by atoms with Crippen molar-refractivity contribution in [1.82, 2.24) is 21.0 Å². The van der Waals surface area contributed by atoms with E-state index in [0.29, 0.717) is 35.6 Å². The molecule has 7 rings (SSSR count). The molecule has 1 aromatic rings. The van der Waals surface area contributed by atoms with Gasteiger partial charge in [-0.15, -0.1) is 0 Å². The Labute approximate surface area is 637 Å². The van der Waals surface area contributed by atoms with Crippen molar-refractivity contribution < 1.29 is 131 Å². The minimum absolute atomic E-state index is 0.00178. The molecule has 0 spiro atoms. The average Bonchev–Trinajstić information content (AvgIpc) is 0.724. The summed E-state index contributed by atoms with van der Waals surface area (Å²) in [5, 5.41) is 72.0. The average molecular weight is 1660 g/mol. The van der Waals surface area contributed by atoms with E-state index in [9.17, 15) is 49.5 Å².